The van der Waals surface area contributed by atoms with Gasteiger partial charge in [-0.3, -0.25) is 5.43 Å². The number of benzene rings is 2. The van der Waals surface area contributed by atoms with E-state index in [9.17, 15) is 5.11 Å². The third-order valence-corrected chi connectivity index (χ3v) is 4.31. The third kappa shape index (κ3) is 2.73. The van der Waals surface area contributed by atoms with E-state index in [1.807, 2.05) is 44.2 Å². The van der Waals surface area contributed by atoms with Crippen LogP contribution < -0.4 is 5.43 Å². The summed E-state index contributed by atoms with van der Waals surface area (Å²) in [4.78, 5) is 5.52. The first-order valence-electron chi connectivity index (χ1n) is 6.59. The molecule has 4 nitrogen and oxygen atoms in total. The van der Waals surface area contributed by atoms with Gasteiger partial charge in [-0.2, -0.15) is 5.10 Å². The summed E-state index contributed by atoms with van der Waals surface area (Å²) in [5, 5.41) is 17.0. The molecule has 3 rings (SSSR count). The monoisotopic (exact) mass is 297 g/mol. The number of aromatic hydroxyl groups is 1. The lowest BCUT2D eigenvalue weighted by Crippen LogP contribution is -1.92. The average Bonchev–Trinajstić information content (AvgIpc) is 2.80. The fourth-order valence-corrected chi connectivity index (χ4v) is 2.86. The Kier molecular flexibility index (Phi) is 3.58. The van der Waals surface area contributed by atoms with Gasteiger partial charge in [0.1, 0.15) is 5.75 Å². The van der Waals surface area contributed by atoms with Gasteiger partial charge in [0.2, 0.25) is 5.13 Å². The van der Waals surface area contributed by atoms with Gasteiger partial charge in [0.25, 0.3) is 0 Å². The molecule has 0 atom stereocenters. The van der Waals surface area contributed by atoms with Crippen LogP contribution in [0.3, 0.4) is 0 Å². The second-order valence-electron chi connectivity index (χ2n) is 4.75. The zero-order valence-corrected chi connectivity index (χ0v) is 12.6. The summed E-state index contributed by atoms with van der Waals surface area (Å²) < 4.78 is 0. The summed E-state index contributed by atoms with van der Waals surface area (Å²) in [5.74, 6) is 0.214. The molecule has 106 valence electrons. The highest BCUT2D eigenvalue weighted by Crippen LogP contribution is 2.26. The first-order valence-corrected chi connectivity index (χ1v) is 7.40. The number of nitrogens with zero attached hydrogens (tertiary/aromatic N) is 2. The van der Waals surface area contributed by atoms with Gasteiger partial charge in [-0.15, -0.1) is 11.3 Å². The number of phenols is 1. The number of thiazole rings is 1. The van der Waals surface area contributed by atoms with Gasteiger partial charge in [0, 0.05) is 10.4 Å². The van der Waals surface area contributed by atoms with E-state index in [0.717, 1.165) is 21.6 Å². The van der Waals surface area contributed by atoms with E-state index < -0.39 is 0 Å². The third-order valence-electron chi connectivity index (χ3n) is 3.33. The highest BCUT2D eigenvalue weighted by molar-refractivity contribution is 7.15. The Balaban J connectivity index is 1.90. The number of nitrogens with one attached hydrogen (secondary N) is 1. The quantitative estimate of drug-likeness (QED) is 0.566. The first-order chi connectivity index (χ1) is 10.1. The molecule has 0 aliphatic rings. The predicted octanol–water partition coefficient (Wildman–Crippen LogP) is 4.06. The Morgan fingerprint density at radius 1 is 1.19 bits per heavy atom. The molecule has 2 aromatic carbocycles. The Morgan fingerprint density at radius 2 is 2.00 bits per heavy atom. The number of phenolic OH excluding ortho intramolecular Hbond substituents is 1. The SMILES string of the molecule is Cc1nc(N/N=C/c2c(O)ccc3ccccc23)sc1C. The molecular weight excluding hydrogens is 282 g/mol. The summed E-state index contributed by atoms with van der Waals surface area (Å²) >= 11 is 1.56. The van der Waals surface area contributed by atoms with Crippen LogP contribution in [0.15, 0.2) is 41.5 Å². The largest absolute Gasteiger partial charge is 0.507 e. The van der Waals surface area contributed by atoms with E-state index >= 15 is 0 Å². The molecule has 0 bridgehead atoms. The molecule has 0 saturated heterocycles. The molecule has 0 aliphatic carbocycles. The summed E-state index contributed by atoms with van der Waals surface area (Å²) in [7, 11) is 0. The van der Waals surface area contributed by atoms with Gasteiger partial charge in [-0.05, 0) is 30.7 Å². The van der Waals surface area contributed by atoms with Crippen LogP contribution in [0.5, 0.6) is 5.75 Å². The van der Waals surface area contributed by atoms with Crippen molar-refractivity contribution in [3.63, 3.8) is 0 Å². The fourth-order valence-electron chi connectivity index (χ4n) is 2.09. The molecule has 3 aromatic rings. The zero-order chi connectivity index (χ0) is 14.8. The molecule has 0 amide bonds. The minimum absolute atomic E-state index is 0.214. The van der Waals surface area contributed by atoms with E-state index in [1.165, 1.54) is 4.88 Å². The van der Waals surface area contributed by atoms with Crippen LogP contribution in [0.25, 0.3) is 10.8 Å². The zero-order valence-electron chi connectivity index (χ0n) is 11.8. The molecule has 0 aliphatic heterocycles. The standard InChI is InChI=1S/C16H15N3OS/c1-10-11(2)21-16(18-10)19-17-9-14-13-6-4-3-5-12(13)7-8-15(14)20/h3-9,20H,1-2H3,(H,18,19)/b17-9+. The molecule has 1 aromatic heterocycles. The number of anilines is 1. The van der Waals surface area contributed by atoms with E-state index in [0.29, 0.717) is 5.56 Å². The topological polar surface area (TPSA) is 57.5 Å². The Labute approximate surface area is 126 Å². The summed E-state index contributed by atoms with van der Waals surface area (Å²) in [6.45, 7) is 4.00. The minimum atomic E-state index is 0.214. The first kappa shape index (κ1) is 13.6. The van der Waals surface area contributed by atoms with Crippen LogP contribution in [0.2, 0.25) is 0 Å². The molecule has 0 fully saturated rings. The number of aryl methyl sites for hydroxylation is 2. The average molecular weight is 297 g/mol. The maximum absolute atomic E-state index is 10.0. The second-order valence-corrected chi connectivity index (χ2v) is 5.95. The molecule has 0 unspecified atom stereocenters. The fraction of sp³-hybridized carbons (Fsp3) is 0.125. The van der Waals surface area contributed by atoms with Crippen molar-refractivity contribution in [3.8, 4) is 5.75 Å². The van der Waals surface area contributed by atoms with Gasteiger partial charge < -0.3 is 5.11 Å². The molecule has 0 radical (unpaired) electrons. The smallest absolute Gasteiger partial charge is 0.203 e. The van der Waals surface area contributed by atoms with E-state index in [2.05, 4.69) is 15.5 Å². The maximum Gasteiger partial charge on any atom is 0.203 e. The van der Waals surface area contributed by atoms with Crippen molar-refractivity contribution in [2.24, 2.45) is 5.10 Å². The summed E-state index contributed by atoms with van der Waals surface area (Å²) in [5.41, 5.74) is 4.62. The molecular formula is C16H15N3OS. The lowest BCUT2D eigenvalue weighted by atomic mass is 10.0. The molecule has 2 N–H and O–H groups in total. The molecule has 0 saturated carbocycles. The van der Waals surface area contributed by atoms with E-state index in [4.69, 9.17) is 0 Å². The highest BCUT2D eigenvalue weighted by atomic mass is 32.1. The Bertz CT molecular complexity index is 804. The van der Waals surface area contributed by atoms with Crippen LogP contribution >= 0.6 is 11.3 Å². The molecule has 0 spiro atoms. The van der Waals surface area contributed by atoms with Gasteiger partial charge in [-0.25, -0.2) is 4.98 Å². The van der Waals surface area contributed by atoms with Crippen LogP contribution in [-0.4, -0.2) is 16.3 Å². The van der Waals surface area contributed by atoms with Crippen LogP contribution in [0, 0.1) is 13.8 Å². The Morgan fingerprint density at radius 3 is 2.76 bits per heavy atom. The molecule has 5 heteroatoms. The van der Waals surface area contributed by atoms with Gasteiger partial charge in [-0.1, -0.05) is 30.3 Å². The molecule has 21 heavy (non-hydrogen) atoms. The van der Waals surface area contributed by atoms with E-state index in [-0.39, 0.29) is 5.75 Å². The number of hydrogen-bond donors (Lipinski definition) is 2. The summed E-state index contributed by atoms with van der Waals surface area (Å²) in [6.07, 6.45) is 1.63. The lowest BCUT2D eigenvalue weighted by molar-refractivity contribution is 0.475. The lowest BCUT2D eigenvalue weighted by Gasteiger charge is -2.04. The maximum atomic E-state index is 10.0. The van der Waals surface area contributed by atoms with Crippen LogP contribution in [0.1, 0.15) is 16.1 Å². The van der Waals surface area contributed by atoms with Crippen molar-refractivity contribution in [2.75, 3.05) is 5.43 Å². The van der Waals surface area contributed by atoms with Crippen molar-refractivity contribution in [1.82, 2.24) is 4.98 Å². The number of aromatic nitrogens is 1. The summed E-state index contributed by atoms with van der Waals surface area (Å²) in [6, 6.07) is 11.5. The van der Waals surface area contributed by atoms with Gasteiger partial charge >= 0.3 is 0 Å². The minimum Gasteiger partial charge on any atom is -0.507 e. The van der Waals surface area contributed by atoms with Gasteiger partial charge in [0.15, 0.2) is 0 Å². The number of hydrogen-bond acceptors (Lipinski definition) is 5. The normalized spacial score (nSPS) is 11.3. The van der Waals surface area contributed by atoms with Crippen molar-refractivity contribution < 1.29 is 5.11 Å². The van der Waals surface area contributed by atoms with Crippen LogP contribution in [0.4, 0.5) is 5.13 Å². The van der Waals surface area contributed by atoms with Crippen LogP contribution in [-0.2, 0) is 0 Å². The predicted molar refractivity (Wildman–Crippen MR) is 88.4 cm³/mol. The number of hydrazone groups is 1. The number of rotatable bonds is 3. The van der Waals surface area contributed by atoms with Crippen molar-refractivity contribution >= 4 is 33.5 Å². The number of fused-ring (bicyclic) bond motifs is 1. The van der Waals surface area contributed by atoms with Crippen molar-refractivity contribution in [3.05, 3.63) is 52.5 Å². The van der Waals surface area contributed by atoms with E-state index in [1.54, 1.807) is 23.6 Å². The highest BCUT2D eigenvalue weighted by Gasteiger charge is 2.05. The van der Waals surface area contributed by atoms with Crippen molar-refractivity contribution in [1.29, 1.82) is 0 Å². The van der Waals surface area contributed by atoms with Gasteiger partial charge in [0.05, 0.1) is 11.9 Å². The second kappa shape index (κ2) is 5.54. The molecule has 1 heterocycles. The van der Waals surface area contributed by atoms with Crippen molar-refractivity contribution in [2.45, 2.75) is 13.8 Å². The Hall–Kier alpha value is -2.40.